The lowest BCUT2D eigenvalue weighted by atomic mass is 9.81. The van der Waals surface area contributed by atoms with Crippen LogP contribution in [0.15, 0.2) is 0 Å². The van der Waals surface area contributed by atoms with Crippen LogP contribution >= 0.6 is 0 Å². The van der Waals surface area contributed by atoms with Crippen LogP contribution in [0.1, 0.15) is 79.1 Å². The minimum Gasteiger partial charge on any atom is -0.375 e. The van der Waals surface area contributed by atoms with Crippen LogP contribution in [-0.2, 0) is 4.74 Å². The molecule has 0 radical (unpaired) electrons. The van der Waals surface area contributed by atoms with Gasteiger partial charge in [0.2, 0.25) is 0 Å². The van der Waals surface area contributed by atoms with Crippen molar-refractivity contribution in [2.24, 2.45) is 11.8 Å². The van der Waals surface area contributed by atoms with Crippen LogP contribution in [0.4, 0.5) is 0 Å². The van der Waals surface area contributed by atoms with Crippen molar-refractivity contribution in [3.63, 3.8) is 0 Å². The van der Waals surface area contributed by atoms with E-state index in [1.54, 1.807) is 0 Å². The van der Waals surface area contributed by atoms with Crippen molar-refractivity contribution in [3.05, 3.63) is 0 Å². The van der Waals surface area contributed by atoms with Crippen LogP contribution in [0.2, 0.25) is 0 Å². The van der Waals surface area contributed by atoms with Crippen molar-refractivity contribution in [2.75, 3.05) is 7.05 Å². The van der Waals surface area contributed by atoms with Gasteiger partial charge in [0.15, 0.2) is 0 Å². The van der Waals surface area contributed by atoms with E-state index in [4.69, 9.17) is 4.74 Å². The fourth-order valence-electron chi connectivity index (χ4n) is 3.84. The minimum absolute atomic E-state index is 0.405. The highest BCUT2D eigenvalue weighted by atomic mass is 16.5. The molecule has 0 saturated carbocycles. The molecule has 5 atom stereocenters. The molecule has 1 aliphatic rings. The fraction of sp³-hybridized carbons (Fsp3) is 1.00. The van der Waals surface area contributed by atoms with E-state index >= 15 is 0 Å². The topological polar surface area (TPSA) is 21.3 Å². The molecule has 0 amide bonds. The normalized spacial score (nSPS) is 31.6. The van der Waals surface area contributed by atoms with Gasteiger partial charge in [-0.15, -0.1) is 0 Å². The molecule has 5 unspecified atom stereocenters. The summed E-state index contributed by atoms with van der Waals surface area (Å²) in [5.41, 5.74) is 0. The van der Waals surface area contributed by atoms with Crippen molar-refractivity contribution >= 4 is 0 Å². The minimum atomic E-state index is 0.405. The van der Waals surface area contributed by atoms with Gasteiger partial charge in [-0.3, -0.25) is 0 Å². The summed E-state index contributed by atoms with van der Waals surface area (Å²) in [4.78, 5) is 0. The first-order valence-corrected chi connectivity index (χ1v) is 8.94. The molecule has 1 heterocycles. The highest BCUT2D eigenvalue weighted by Crippen LogP contribution is 2.35. The van der Waals surface area contributed by atoms with Gasteiger partial charge in [0.1, 0.15) is 0 Å². The number of ether oxygens (including phenoxy) is 1. The van der Waals surface area contributed by atoms with Gasteiger partial charge in [0.05, 0.1) is 12.2 Å². The van der Waals surface area contributed by atoms with E-state index in [1.165, 1.54) is 51.4 Å². The van der Waals surface area contributed by atoms with Crippen LogP contribution in [0.3, 0.4) is 0 Å². The first kappa shape index (κ1) is 18.0. The standard InChI is InChI=1S/C18H37NO/c1-6-7-8-9-10-11-12-13-17(19-5)18-14(2)15(3)20-16(18)4/h14-19H,6-13H2,1-5H3. The third-order valence-electron chi connectivity index (χ3n) is 5.27. The number of unbranched alkanes of at least 4 members (excludes halogenated alkanes) is 6. The third kappa shape index (κ3) is 5.37. The lowest BCUT2D eigenvalue weighted by Gasteiger charge is -2.28. The van der Waals surface area contributed by atoms with Crippen molar-refractivity contribution in [1.29, 1.82) is 0 Å². The van der Waals surface area contributed by atoms with Crippen molar-refractivity contribution in [3.8, 4) is 0 Å². The first-order chi connectivity index (χ1) is 9.61. The molecule has 0 aromatic rings. The number of rotatable bonds is 10. The summed E-state index contributed by atoms with van der Waals surface area (Å²) in [5.74, 6) is 1.35. The summed E-state index contributed by atoms with van der Waals surface area (Å²) in [6, 6.07) is 0.626. The van der Waals surface area contributed by atoms with E-state index in [0.29, 0.717) is 30.1 Å². The Hall–Kier alpha value is -0.0800. The average Bonchev–Trinajstić information content (AvgIpc) is 2.68. The Kier molecular flexibility index (Phi) is 8.79. The fourth-order valence-corrected chi connectivity index (χ4v) is 3.84. The third-order valence-corrected chi connectivity index (χ3v) is 5.27. The number of hydrogen-bond acceptors (Lipinski definition) is 2. The molecule has 0 aromatic carbocycles. The second-order valence-electron chi connectivity index (χ2n) is 6.79. The Bertz CT molecular complexity index is 244. The maximum Gasteiger partial charge on any atom is 0.0597 e. The lowest BCUT2D eigenvalue weighted by molar-refractivity contribution is 0.0474. The Labute approximate surface area is 127 Å². The molecule has 2 nitrogen and oxygen atoms in total. The zero-order valence-electron chi connectivity index (χ0n) is 14.5. The van der Waals surface area contributed by atoms with E-state index in [0.717, 1.165) is 0 Å². The highest BCUT2D eigenvalue weighted by Gasteiger charge is 2.40. The number of nitrogens with one attached hydrogen (secondary N) is 1. The Morgan fingerprint density at radius 1 is 0.900 bits per heavy atom. The van der Waals surface area contributed by atoms with Gasteiger partial charge < -0.3 is 10.1 Å². The maximum absolute atomic E-state index is 6.00. The molecule has 0 aromatic heterocycles. The molecular weight excluding hydrogens is 246 g/mol. The second kappa shape index (κ2) is 9.78. The molecular formula is C18H37NO. The molecule has 1 saturated heterocycles. The number of hydrogen-bond donors (Lipinski definition) is 1. The van der Waals surface area contributed by atoms with Crippen molar-refractivity contribution < 1.29 is 4.74 Å². The van der Waals surface area contributed by atoms with Gasteiger partial charge in [-0.2, -0.15) is 0 Å². The van der Waals surface area contributed by atoms with Gasteiger partial charge in [0, 0.05) is 12.0 Å². The highest BCUT2D eigenvalue weighted by molar-refractivity contribution is 4.91. The van der Waals surface area contributed by atoms with Crippen LogP contribution in [0, 0.1) is 11.8 Å². The van der Waals surface area contributed by atoms with Crippen LogP contribution < -0.4 is 5.32 Å². The van der Waals surface area contributed by atoms with E-state index in [2.05, 4.69) is 40.1 Å². The van der Waals surface area contributed by atoms with E-state index in [9.17, 15) is 0 Å². The van der Waals surface area contributed by atoms with Crippen LogP contribution in [-0.4, -0.2) is 25.3 Å². The molecule has 120 valence electrons. The predicted octanol–water partition coefficient (Wildman–Crippen LogP) is 4.77. The summed E-state index contributed by atoms with van der Waals surface area (Å²) >= 11 is 0. The Morgan fingerprint density at radius 2 is 1.50 bits per heavy atom. The molecule has 1 fully saturated rings. The molecule has 0 bridgehead atoms. The summed E-state index contributed by atoms with van der Waals surface area (Å²) in [7, 11) is 2.12. The zero-order valence-corrected chi connectivity index (χ0v) is 14.5. The van der Waals surface area contributed by atoms with Crippen molar-refractivity contribution in [2.45, 2.75) is 97.3 Å². The lowest BCUT2D eigenvalue weighted by Crippen LogP contribution is -2.40. The molecule has 20 heavy (non-hydrogen) atoms. The van der Waals surface area contributed by atoms with E-state index < -0.39 is 0 Å². The van der Waals surface area contributed by atoms with Crippen LogP contribution in [0.25, 0.3) is 0 Å². The van der Waals surface area contributed by atoms with Gasteiger partial charge in [-0.25, -0.2) is 0 Å². The Morgan fingerprint density at radius 3 is 2.00 bits per heavy atom. The van der Waals surface area contributed by atoms with Gasteiger partial charge in [-0.1, -0.05) is 58.8 Å². The monoisotopic (exact) mass is 283 g/mol. The van der Waals surface area contributed by atoms with Gasteiger partial charge >= 0.3 is 0 Å². The molecule has 1 rings (SSSR count). The van der Waals surface area contributed by atoms with E-state index in [-0.39, 0.29) is 0 Å². The van der Waals surface area contributed by atoms with Gasteiger partial charge in [-0.05, 0) is 33.2 Å². The summed E-state index contributed by atoms with van der Waals surface area (Å²) in [6.07, 6.45) is 11.9. The molecule has 1 aliphatic heterocycles. The summed E-state index contributed by atoms with van der Waals surface area (Å²) < 4.78 is 6.00. The second-order valence-corrected chi connectivity index (χ2v) is 6.79. The molecule has 2 heteroatoms. The van der Waals surface area contributed by atoms with Crippen LogP contribution in [0.5, 0.6) is 0 Å². The maximum atomic E-state index is 6.00. The van der Waals surface area contributed by atoms with Gasteiger partial charge in [0.25, 0.3) is 0 Å². The predicted molar refractivity (Wildman–Crippen MR) is 88.1 cm³/mol. The summed E-state index contributed by atoms with van der Waals surface area (Å²) in [5, 5.41) is 3.56. The first-order valence-electron chi connectivity index (χ1n) is 8.94. The quantitative estimate of drug-likeness (QED) is 0.583. The largest absolute Gasteiger partial charge is 0.375 e. The Balaban J connectivity index is 2.22. The molecule has 0 aliphatic carbocycles. The smallest absolute Gasteiger partial charge is 0.0597 e. The SMILES string of the molecule is CCCCCCCCCC(NC)C1C(C)OC(C)C1C. The molecule has 0 spiro atoms. The zero-order chi connectivity index (χ0) is 15.0. The molecule has 1 N–H and O–H groups in total. The van der Waals surface area contributed by atoms with Crippen molar-refractivity contribution in [1.82, 2.24) is 5.32 Å². The average molecular weight is 284 g/mol. The van der Waals surface area contributed by atoms with E-state index in [1.807, 2.05) is 0 Å². The summed E-state index contributed by atoms with van der Waals surface area (Å²) in [6.45, 7) is 9.11.